The molecule has 0 spiro atoms. The van der Waals surface area contributed by atoms with Crippen LogP contribution in [0.2, 0.25) is 0 Å². The third-order valence-electron chi connectivity index (χ3n) is 3.13. The predicted molar refractivity (Wildman–Crippen MR) is 69.5 cm³/mol. The first-order valence-electron chi connectivity index (χ1n) is 6.43. The van der Waals surface area contributed by atoms with Crippen molar-refractivity contribution >= 4 is 0 Å². The summed E-state index contributed by atoms with van der Waals surface area (Å²) in [5.41, 5.74) is 5.84. The largest absolute Gasteiger partial charge is 0.335 e. The smallest absolute Gasteiger partial charge is 0.194 e. The van der Waals surface area contributed by atoms with Gasteiger partial charge in [0.2, 0.25) is 0 Å². The van der Waals surface area contributed by atoms with E-state index in [4.69, 9.17) is 5.73 Å². The van der Waals surface area contributed by atoms with Crippen LogP contribution >= 0.6 is 0 Å². The zero-order valence-electron chi connectivity index (χ0n) is 11.1. The highest BCUT2D eigenvalue weighted by molar-refractivity contribution is 5.24. The summed E-state index contributed by atoms with van der Waals surface area (Å²) in [6.45, 7) is 2.81. The van der Waals surface area contributed by atoms with Crippen LogP contribution in [0.3, 0.4) is 0 Å². The van der Waals surface area contributed by atoms with Gasteiger partial charge in [-0.3, -0.25) is 0 Å². The molecule has 2 N–H and O–H groups in total. The molecule has 2 aromatic rings. The number of halogens is 3. The van der Waals surface area contributed by atoms with Gasteiger partial charge in [-0.2, -0.15) is 0 Å². The minimum atomic E-state index is -1.49. The minimum absolute atomic E-state index is 0.0463. The summed E-state index contributed by atoms with van der Waals surface area (Å²) in [7, 11) is 0. The molecule has 1 heterocycles. The van der Waals surface area contributed by atoms with Crippen LogP contribution in [-0.4, -0.2) is 9.55 Å². The predicted octanol–water partition coefficient (Wildman–Crippen LogP) is 2.95. The normalized spacial score (nSPS) is 12.7. The zero-order chi connectivity index (χ0) is 14.7. The molecule has 1 aromatic carbocycles. The molecule has 108 valence electrons. The second-order valence-corrected chi connectivity index (χ2v) is 4.61. The van der Waals surface area contributed by atoms with Gasteiger partial charge < -0.3 is 10.3 Å². The Kier molecular flexibility index (Phi) is 4.44. The van der Waals surface area contributed by atoms with E-state index >= 15 is 0 Å². The van der Waals surface area contributed by atoms with E-state index in [9.17, 15) is 13.2 Å². The molecule has 0 aliphatic rings. The third-order valence-corrected chi connectivity index (χ3v) is 3.13. The average molecular weight is 283 g/mol. The van der Waals surface area contributed by atoms with E-state index in [2.05, 4.69) is 4.98 Å². The molecule has 0 aliphatic heterocycles. The molecule has 1 atom stereocenters. The molecule has 1 aromatic heterocycles. The Hall–Kier alpha value is -1.82. The van der Waals surface area contributed by atoms with Crippen molar-refractivity contribution in [3.63, 3.8) is 0 Å². The van der Waals surface area contributed by atoms with Crippen LogP contribution in [0, 0.1) is 17.5 Å². The van der Waals surface area contributed by atoms with Crippen LogP contribution in [0.15, 0.2) is 24.5 Å². The highest BCUT2D eigenvalue weighted by Gasteiger charge is 2.19. The standard InChI is InChI=1S/C14H16F3N3/c1-2-6-20-7-5-19-12(20)8-11(18)9-3-4-10(15)14(17)13(9)16/h3-5,7,11H,2,6,8,18H2,1H3. The van der Waals surface area contributed by atoms with Crippen LogP contribution in [0.5, 0.6) is 0 Å². The van der Waals surface area contributed by atoms with Crippen molar-refractivity contribution in [3.8, 4) is 0 Å². The van der Waals surface area contributed by atoms with Crippen molar-refractivity contribution in [1.82, 2.24) is 9.55 Å². The quantitative estimate of drug-likeness (QED) is 0.857. The van der Waals surface area contributed by atoms with Gasteiger partial charge >= 0.3 is 0 Å². The molecule has 6 heteroatoms. The van der Waals surface area contributed by atoms with E-state index in [0.717, 1.165) is 19.0 Å². The van der Waals surface area contributed by atoms with E-state index in [1.165, 1.54) is 6.07 Å². The van der Waals surface area contributed by atoms with Crippen molar-refractivity contribution < 1.29 is 13.2 Å². The summed E-state index contributed by atoms with van der Waals surface area (Å²) >= 11 is 0. The van der Waals surface area contributed by atoms with Crippen molar-refractivity contribution in [2.45, 2.75) is 32.4 Å². The Morgan fingerprint density at radius 2 is 2.00 bits per heavy atom. The summed E-state index contributed by atoms with van der Waals surface area (Å²) in [4.78, 5) is 4.16. The van der Waals surface area contributed by atoms with Crippen LogP contribution in [0.25, 0.3) is 0 Å². The molecular formula is C14H16F3N3. The summed E-state index contributed by atoms with van der Waals surface area (Å²) in [6, 6.07) is 1.28. The molecule has 1 unspecified atom stereocenters. The van der Waals surface area contributed by atoms with Gasteiger partial charge in [-0.15, -0.1) is 0 Å². The van der Waals surface area contributed by atoms with Crippen molar-refractivity contribution in [2.24, 2.45) is 5.73 Å². The SMILES string of the molecule is CCCn1ccnc1CC(N)c1ccc(F)c(F)c1F. The minimum Gasteiger partial charge on any atom is -0.335 e. The van der Waals surface area contributed by atoms with Crippen molar-refractivity contribution in [1.29, 1.82) is 0 Å². The van der Waals surface area contributed by atoms with Crippen molar-refractivity contribution in [2.75, 3.05) is 0 Å². The van der Waals surface area contributed by atoms with E-state index in [0.29, 0.717) is 5.82 Å². The number of rotatable bonds is 5. The number of imidazole rings is 1. The molecule has 0 saturated heterocycles. The van der Waals surface area contributed by atoms with Gasteiger partial charge in [0.05, 0.1) is 0 Å². The molecule has 0 bridgehead atoms. The Bertz CT molecular complexity index is 595. The highest BCUT2D eigenvalue weighted by Crippen LogP contribution is 2.22. The Labute approximate surface area is 115 Å². The van der Waals surface area contributed by atoms with E-state index in [1.807, 2.05) is 17.7 Å². The van der Waals surface area contributed by atoms with Gasteiger partial charge in [-0.05, 0) is 12.5 Å². The van der Waals surface area contributed by atoms with Gasteiger partial charge in [0.25, 0.3) is 0 Å². The average Bonchev–Trinajstić information content (AvgIpc) is 2.84. The van der Waals surface area contributed by atoms with Gasteiger partial charge in [-0.25, -0.2) is 18.2 Å². The summed E-state index contributed by atoms with van der Waals surface area (Å²) in [5.74, 6) is -3.24. The van der Waals surface area contributed by atoms with E-state index in [1.54, 1.807) is 6.20 Å². The lowest BCUT2D eigenvalue weighted by Gasteiger charge is -2.14. The van der Waals surface area contributed by atoms with Crippen LogP contribution < -0.4 is 5.73 Å². The van der Waals surface area contributed by atoms with Crippen LogP contribution in [-0.2, 0) is 13.0 Å². The molecule has 2 rings (SSSR count). The Balaban J connectivity index is 2.22. The van der Waals surface area contributed by atoms with Gasteiger partial charge in [-0.1, -0.05) is 13.0 Å². The van der Waals surface area contributed by atoms with E-state index < -0.39 is 23.5 Å². The number of hydrogen-bond acceptors (Lipinski definition) is 2. The number of nitrogens with zero attached hydrogens (tertiary/aromatic N) is 2. The zero-order valence-corrected chi connectivity index (χ0v) is 11.1. The first-order valence-corrected chi connectivity index (χ1v) is 6.43. The van der Waals surface area contributed by atoms with Crippen LogP contribution in [0.1, 0.15) is 30.8 Å². The molecule has 0 aliphatic carbocycles. The fraction of sp³-hybridized carbons (Fsp3) is 0.357. The molecule has 0 amide bonds. The number of hydrogen-bond donors (Lipinski definition) is 1. The number of aryl methyl sites for hydroxylation is 1. The van der Waals surface area contributed by atoms with Crippen LogP contribution in [0.4, 0.5) is 13.2 Å². The molecular weight excluding hydrogens is 267 g/mol. The molecule has 3 nitrogen and oxygen atoms in total. The monoisotopic (exact) mass is 283 g/mol. The highest BCUT2D eigenvalue weighted by atomic mass is 19.2. The maximum absolute atomic E-state index is 13.7. The maximum Gasteiger partial charge on any atom is 0.194 e. The van der Waals surface area contributed by atoms with Gasteiger partial charge in [0.15, 0.2) is 17.5 Å². The summed E-state index contributed by atoms with van der Waals surface area (Å²) in [5, 5.41) is 0. The molecule has 0 radical (unpaired) electrons. The second-order valence-electron chi connectivity index (χ2n) is 4.61. The molecule has 0 fully saturated rings. The topological polar surface area (TPSA) is 43.8 Å². The lowest BCUT2D eigenvalue weighted by Crippen LogP contribution is -2.18. The summed E-state index contributed by atoms with van der Waals surface area (Å²) < 4.78 is 41.7. The Morgan fingerprint density at radius 1 is 1.25 bits per heavy atom. The fourth-order valence-electron chi connectivity index (χ4n) is 2.11. The Morgan fingerprint density at radius 3 is 2.70 bits per heavy atom. The molecule has 0 saturated carbocycles. The maximum atomic E-state index is 13.7. The number of benzene rings is 1. The summed E-state index contributed by atoms with van der Waals surface area (Å²) in [6.07, 6.45) is 4.64. The second kappa shape index (κ2) is 6.09. The number of aromatic nitrogens is 2. The third kappa shape index (κ3) is 2.85. The fourth-order valence-corrected chi connectivity index (χ4v) is 2.11. The number of nitrogens with two attached hydrogens (primary N) is 1. The van der Waals surface area contributed by atoms with Gasteiger partial charge in [0, 0.05) is 37.0 Å². The lowest BCUT2D eigenvalue weighted by molar-refractivity contribution is 0.434. The van der Waals surface area contributed by atoms with E-state index in [-0.39, 0.29) is 12.0 Å². The molecule has 20 heavy (non-hydrogen) atoms. The first kappa shape index (κ1) is 14.6. The lowest BCUT2D eigenvalue weighted by atomic mass is 10.0. The first-order chi connectivity index (χ1) is 9.54. The van der Waals surface area contributed by atoms with Crippen molar-refractivity contribution in [3.05, 3.63) is 53.4 Å². The van der Waals surface area contributed by atoms with Gasteiger partial charge in [0.1, 0.15) is 5.82 Å².